The molecule has 0 bridgehead atoms. The fraction of sp³-hybridized carbons (Fsp3) is 0.0556. The Kier molecular flexibility index (Phi) is 3.88. The lowest BCUT2D eigenvalue weighted by Gasteiger charge is -2.10. The van der Waals surface area contributed by atoms with Crippen LogP contribution in [0, 0.1) is 0 Å². The van der Waals surface area contributed by atoms with Crippen molar-refractivity contribution in [1.29, 1.82) is 0 Å². The summed E-state index contributed by atoms with van der Waals surface area (Å²) < 4.78 is 27.4. The van der Waals surface area contributed by atoms with Gasteiger partial charge in [-0.25, -0.2) is 12.4 Å². The zero-order valence-corrected chi connectivity index (χ0v) is 13.3. The molecule has 0 aliphatic rings. The maximum Gasteiger partial charge on any atom is 0.268 e. The van der Waals surface area contributed by atoms with Gasteiger partial charge in [-0.2, -0.15) is 0 Å². The zero-order valence-electron chi connectivity index (χ0n) is 12.5. The van der Waals surface area contributed by atoms with Crippen LogP contribution in [-0.2, 0) is 10.0 Å². The molecule has 0 aliphatic carbocycles. The lowest BCUT2D eigenvalue weighted by molar-refractivity contribution is 0.112. The molecule has 0 fully saturated rings. The summed E-state index contributed by atoms with van der Waals surface area (Å²) in [6.45, 7) is 1.78. The Bertz CT molecular complexity index is 999. The highest BCUT2D eigenvalue weighted by molar-refractivity contribution is 7.90. The van der Waals surface area contributed by atoms with Gasteiger partial charge < -0.3 is 0 Å². The number of aldehydes is 1. The van der Waals surface area contributed by atoms with Gasteiger partial charge >= 0.3 is 0 Å². The monoisotopic (exact) mass is 325 g/mol. The lowest BCUT2D eigenvalue weighted by Crippen LogP contribution is -2.14. The van der Waals surface area contributed by atoms with Gasteiger partial charge in [0.05, 0.1) is 16.1 Å². The number of nitrogens with zero attached hydrogens (tertiary/aromatic N) is 1. The average molecular weight is 325 g/mol. The van der Waals surface area contributed by atoms with E-state index in [4.69, 9.17) is 0 Å². The number of rotatable bonds is 4. The molecule has 0 atom stereocenters. The Balaban J connectivity index is 2.46. The van der Waals surface area contributed by atoms with Gasteiger partial charge in [-0.1, -0.05) is 42.5 Å². The number of allylic oxidation sites excluding steroid dienone is 1. The van der Waals surface area contributed by atoms with Crippen molar-refractivity contribution in [3.8, 4) is 0 Å². The summed E-state index contributed by atoms with van der Waals surface area (Å²) in [5.41, 5.74) is 1.23. The molecule has 2 aromatic carbocycles. The van der Waals surface area contributed by atoms with Crippen LogP contribution in [0.3, 0.4) is 0 Å². The Morgan fingerprint density at radius 3 is 2.26 bits per heavy atom. The second kappa shape index (κ2) is 5.85. The predicted octanol–water partition coefficient (Wildman–Crippen LogP) is 3.72. The van der Waals surface area contributed by atoms with Crippen LogP contribution in [0.1, 0.15) is 23.0 Å². The third-order valence-electron chi connectivity index (χ3n) is 3.63. The minimum atomic E-state index is -3.80. The molecule has 0 unspecified atom stereocenters. The van der Waals surface area contributed by atoms with Crippen LogP contribution in [-0.4, -0.2) is 18.7 Å². The summed E-state index contributed by atoms with van der Waals surface area (Å²) in [4.78, 5) is 11.7. The molecule has 0 spiro atoms. The summed E-state index contributed by atoms with van der Waals surface area (Å²) in [5.74, 6) is 0. The summed E-state index contributed by atoms with van der Waals surface area (Å²) >= 11 is 0. The first-order valence-corrected chi connectivity index (χ1v) is 8.57. The van der Waals surface area contributed by atoms with Crippen LogP contribution in [0.5, 0.6) is 0 Å². The van der Waals surface area contributed by atoms with E-state index in [2.05, 4.69) is 0 Å². The number of benzene rings is 2. The molecule has 3 aromatic rings. The predicted molar refractivity (Wildman–Crippen MR) is 91.1 cm³/mol. The van der Waals surface area contributed by atoms with Crippen LogP contribution in [0.25, 0.3) is 17.0 Å². The maximum atomic E-state index is 13.1. The maximum absolute atomic E-state index is 13.1. The highest BCUT2D eigenvalue weighted by atomic mass is 32.2. The summed E-state index contributed by atoms with van der Waals surface area (Å²) in [6.07, 6.45) is 4.07. The van der Waals surface area contributed by atoms with E-state index >= 15 is 0 Å². The number of aromatic nitrogens is 1. The van der Waals surface area contributed by atoms with E-state index < -0.39 is 10.0 Å². The molecule has 1 heterocycles. The fourth-order valence-electron chi connectivity index (χ4n) is 2.65. The molecule has 0 saturated heterocycles. The van der Waals surface area contributed by atoms with Gasteiger partial charge in [-0.05, 0) is 31.2 Å². The quantitative estimate of drug-likeness (QED) is 0.687. The zero-order chi connectivity index (χ0) is 16.4. The number of hydrogen-bond donors (Lipinski definition) is 0. The first-order valence-electron chi connectivity index (χ1n) is 7.13. The van der Waals surface area contributed by atoms with Gasteiger partial charge in [-0.15, -0.1) is 0 Å². The van der Waals surface area contributed by atoms with E-state index in [0.717, 1.165) is 0 Å². The molecule has 116 valence electrons. The van der Waals surface area contributed by atoms with Crippen LogP contribution in [0.15, 0.2) is 65.6 Å². The molecular weight excluding hydrogens is 310 g/mol. The minimum Gasteiger partial charge on any atom is -0.298 e. The van der Waals surface area contributed by atoms with Crippen LogP contribution in [0.2, 0.25) is 0 Å². The van der Waals surface area contributed by atoms with Gasteiger partial charge in [0.1, 0.15) is 0 Å². The van der Waals surface area contributed by atoms with E-state index in [1.165, 1.54) is 3.97 Å². The molecule has 23 heavy (non-hydrogen) atoms. The largest absolute Gasteiger partial charge is 0.298 e. The molecule has 0 saturated carbocycles. The van der Waals surface area contributed by atoms with Crippen LogP contribution in [0.4, 0.5) is 0 Å². The van der Waals surface area contributed by atoms with E-state index in [0.29, 0.717) is 28.4 Å². The van der Waals surface area contributed by atoms with Crippen molar-refractivity contribution < 1.29 is 13.2 Å². The van der Waals surface area contributed by atoms with Crippen molar-refractivity contribution in [2.45, 2.75) is 11.8 Å². The van der Waals surface area contributed by atoms with Gasteiger partial charge in [0.2, 0.25) is 0 Å². The summed E-state index contributed by atoms with van der Waals surface area (Å²) in [6, 6.07) is 15.2. The van der Waals surface area contributed by atoms with Crippen molar-refractivity contribution in [1.82, 2.24) is 3.97 Å². The summed E-state index contributed by atoms with van der Waals surface area (Å²) in [5, 5.41) is 0.620. The highest BCUT2D eigenvalue weighted by Gasteiger charge is 2.25. The molecule has 5 heteroatoms. The molecular formula is C18H15NO3S. The first-order chi connectivity index (χ1) is 11.1. The third-order valence-corrected chi connectivity index (χ3v) is 5.37. The van der Waals surface area contributed by atoms with Crippen LogP contribution >= 0.6 is 0 Å². The molecule has 0 N–H and O–H groups in total. The van der Waals surface area contributed by atoms with Crippen molar-refractivity contribution in [3.63, 3.8) is 0 Å². The van der Waals surface area contributed by atoms with Crippen LogP contribution < -0.4 is 0 Å². The molecule has 0 radical (unpaired) electrons. The van der Waals surface area contributed by atoms with E-state index in [-0.39, 0.29) is 4.90 Å². The lowest BCUT2D eigenvalue weighted by atomic mass is 10.1. The second-order valence-electron chi connectivity index (χ2n) is 5.02. The third kappa shape index (κ3) is 2.39. The van der Waals surface area contributed by atoms with Crippen molar-refractivity contribution >= 4 is 33.3 Å². The van der Waals surface area contributed by atoms with Crippen molar-refractivity contribution in [2.24, 2.45) is 0 Å². The van der Waals surface area contributed by atoms with E-state index in [1.54, 1.807) is 73.7 Å². The average Bonchev–Trinajstić information content (AvgIpc) is 2.89. The normalized spacial score (nSPS) is 12.0. The summed E-state index contributed by atoms with van der Waals surface area (Å²) in [7, 11) is -3.80. The Morgan fingerprint density at radius 1 is 0.957 bits per heavy atom. The minimum absolute atomic E-state index is 0.184. The topological polar surface area (TPSA) is 56.1 Å². The number of carbonyl (C=O) groups excluding carboxylic acids is 1. The Morgan fingerprint density at radius 2 is 1.61 bits per heavy atom. The molecule has 0 aliphatic heterocycles. The Labute approximate surface area is 134 Å². The van der Waals surface area contributed by atoms with Crippen molar-refractivity contribution in [3.05, 3.63) is 71.9 Å². The van der Waals surface area contributed by atoms with Gasteiger partial charge in [0.25, 0.3) is 10.0 Å². The highest BCUT2D eigenvalue weighted by Crippen LogP contribution is 2.30. The van der Waals surface area contributed by atoms with Crippen molar-refractivity contribution in [2.75, 3.05) is 0 Å². The molecule has 0 amide bonds. The number of fused-ring (bicyclic) bond motifs is 1. The van der Waals surface area contributed by atoms with E-state index in [1.807, 2.05) is 0 Å². The molecule has 3 rings (SSSR count). The number of para-hydroxylation sites is 1. The first kappa shape index (κ1) is 15.2. The van der Waals surface area contributed by atoms with E-state index in [9.17, 15) is 13.2 Å². The second-order valence-corrected chi connectivity index (χ2v) is 6.80. The van der Waals surface area contributed by atoms with Gasteiger partial charge in [-0.3, -0.25) is 4.79 Å². The molecule has 4 nitrogen and oxygen atoms in total. The van der Waals surface area contributed by atoms with Gasteiger partial charge in [0, 0.05) is 10.9 Å². The smallest absolute Gasteiger partial charge is 0.268 e. The Hall–Kier alpha value is -2.66. The van der Waals surface area contributed by atoms with Gasteiger partial charge in [0.15, 0.2) is 6.29 Å². The molecule has 1 aromatic heterocycles. The number of hydrogen-bond acceptors (Lipinski definition) is 3. The fourth-order valence-corrected chi connectivity index (χ4v) is 4.20. The number of carbonyl (C=O) groups is 1. The SMILES string of the molecule is CC=Cc1c(C=O)c2ccccc2n1S(=O)(=O)c1ccccc1. The standard InChI is InChI=1S/C18H15NO3S/c1-2-8-17-16(13-20)15-11-6-7-12-18(15)19(17)23(21,22)14-9-4-3-5-10-14/h2-13H,1H3.